The van der Waals surface area contributed by atoms with E-state index in [1.54, 1.807) is 18.2 Å². The number of carbonyl (C=O) groups is 1. The molecule has 1 aliphatic heterocycles. The lowest BCUT2D eigenvalue weighted by Crippen LogP contribution is -2.39. The van der Waals surface area contributed by atoms with E-state index in [1.807, 2.05) is 19.1 Å². The molecule has 6 heteroatoms. The van der Waals surface area contributed by atoms with Gasteiger partial charge in [-0.1, -0.05) is 12.1 Å². The molecule has 2 aromatic carbocycles. The van der Waals surface area contributed by atoms with Crippen molar-refractivity contribution in [3.63, 3.8) is 0 Å². The van der Waals surface area contributed by atoms with Crippen molar-refractivity contribution in [3.8, 4) is 11.4 Å². The predicted octanol–water partition coefficient (Wildman–Crippen LogP) is 3.88. The standard InChI is InChI=1S/C19H18FN3O2/c1-19(8-3-9-25-19)18(24)21-14-6-7-15-16(11-14)23-17(22-15)12-4-2-5-13(20)10-12/h2,4-7,10-11H,3,8-9H2,1H3,(H,21,24)(H,22,23)/t19-/m0/s1. The first-order valence-electron chi connectivity index (χ1n) is 8.25. The van der Waals surface area contributed by atoms with Crippen molar-refractivity contribution < 1.29 is 13.9 Å². The molecule has 1 amide bonds. The first kappa shape index (κ1) is 15.8. The number of aromatic amines is 1. The lowest BCUT2D eigenvalue weighted by atomic mass is 10.0. The lowest BCUT2D eigenvalue weighted by molar-refractivity contribution is -0.133. The van der Waals surface area contributed by atoms with Crippen LogP contribution in [0, 0.1) is 5.82 Å². The SMILES string of the molecule is C[C@@]1(C(=O)Nc2ccc3nc(-c4cccc(F)c4)[nH]c3c2)CCCO1. The van der Waals surface area contributed by atoms with Crippen molar-refractivity contribution in [2.45, 2.75) is 25.4 Å². The van der Waals surface area contributed by atoms with Crippen LogP contribution in [-0.4, -0.2) is 28.1 Å². The summed E-state index contributed by atoms with van der Waals surface area (Å²) in [5.41, 5.74) is 2.10. The summed E-state index contributed by atoms with van der Waals surface area (Å²) < 4.78 is 19.0. The van der Waals surface area contributed by atoms with Gasteiger partial charge in [0.25, 0.3) is 5.91 Å². The van der Waals surface area contributed by atoms with Crippen LogP contribution in [0.4, 0.5) is 10.1 Å². The summed E-state index contributed by atoms with van der Waals surface area (Å²) in [4.78, 5) is 20.1. The molecule has 2 heterocycles. The Balaban J connectivity index is 1.61. The number of H-pyrrole nitrogens is 1. The van der Waals surface area contributed by atoms with Gasteiger partial charge in [0.1, 0.15) is 17.2 Å². The summed E-state index contributed by atoms with van der Waals surface area (Å²) >= 11 is 0. The second-order valence-electron chi connectivity index (χ2n) is 6.46. The third-order valence-electron chi connectivity index (χ3n) is 4.54. The number of hydrogen-bond acceptors (Lipinski definition) is 3. The molecule has 0 radical (unpaired) electrons. The summed E-state index contributed by atoms with van der Waals surface area (Å²) in [7, 11) is 0. The third kappa shape index (κ3) is 3.00. The lowest BCUT2D eigenvalue weighted by Gasteiger charge is -2.21. The highest BCUT2D eigenvalue weighted by atomic mass is 19.1. The zero-order chi connectivity index (χ0) is 17.4. The van der Waals surface area contributed by atoms with Gasteiger partial charge in [-0.15, -0.1) is 0 Å². The average molecular weight is 339 g/mol. The Morgan fingerprint density at radius 1 is 1.32 bits per heavy atom. The average Bonchev–Trinajstić information content (AvgIpc) is 3.21. The van der Waals surface area contributed by atoms with Gasteiger partial charge in [-0.2, -0.15) is 0 Å². The first-order valence-corrected chi connectivity index (χ1v) is 8.25. The fourth-order valence-corrected chi connectivity index (χ4v) is 3.08. The topological polar surface area (TPSA) is 67.0 Å². The number of amides is 1. The Kier molecular flexibility index (Phi) is 3.77. The normalized spacial score (nSPS) is 20.1. The molecule has 0 aliphatic carbocycles. The summed E-state index contributed by atoms with van der Waals surface area (Å²) in [6.45, 7) is 2.42. The zero-order valence-electron chi connectivity index (χ0n) is 13.8. The molecule has 4 rings (SSSR count). The van der Waals surface area contributed by atoms with Gasteiger partial charge in [0.15, 0.2) is 0 Å². The molecule has 2 N–H and O–H groups in total. The molecule has 1 atom stereocenters. The number of halogens is 1. The number of imidazole rings is 1. The molecule has 1 fully saturated rings. The number of benzene rings is 2. The number of carbonyl (C=O) groups excluding carboxylic acids is 1. The number of aromatic nitrogens is 2. The molecule has 25 heavy (non-hydrogen) atoms. The Morgan fingerprint density at radius 2 is 2.20 bits per heavy atom. The summed E-state index contributed by atoms with van der Waals surface area (Å²) in [6, 6.07) is 11.7. The van der Waals surface area contributed by atoms with Crippen LogP contribution in [0.15, 0.2) is 42.5 Å². The zero-order valence-corrected chi connectivity index (χ0v) is 13.8. The molecule has 0 spiro atoms. The maximum absolute atomic E-state index is 13.4. The van der Waals surface area contributed by atoms with E-state index in [4.69, 9.17) is 4.74 Å². The Morgan fingerprint density at radius 3 is 2.96 bits per heavy atom. The molecule has 0 saturated carbocycles. The minimum atomic E-state index is -0.768. The monoisotopic (exact) mass is 339 g/mol. The molecule has 3 aromatic rings. The summed E-state index contributed by atoms with van der Waals surface area (Å²) in [5.74, 6) is 0.133. The van der Waals surface area contributed by atoms with Gasteiger partial charge in [0, 0.05) is 17.9 Å². The molecular formula is C19H18FN3O2. The van der Waals surface area contributed by atoms with Gasteiger partial charge in [-0.05, 0) is 50.1 Å². The van der Waals surface area contributed by atoms with Crippen molar-refractivity contribution >= 4 is 22.6 Å². The molecule has 1 saturated heterocycles. The Hall–Kier alpha value is -2.73. The van der Waals surface area contributed by atoms with Crippen LogP contribution in [0.1, 0.15) is 19.8 Å². The van der Waals surface area contributed by atoms with Gasteiger partial charge in [-0.3, -0.25) is 4.79 Å². The Labute approximate surface area is 144 Å². The third-order valence-corrected chi connectivity index (χ3v) is 4.54. The number of fused-ring (bicyclic) bond motifs is 1. The van der Waals surface area contributed by atoms with Crippen molar-refractivity contribution in [2.24, 2.45) is 0 Å². The summed E-state index contributed by atoms with van der Waals surface area (Å²) in [6.07, 6.45) is 1.61. The molecule has 0 bridgehead atoms. The molecule has 128 valence electrons. The van der Waals surface area contributed by atoms with E-state index in [-0.39, 0.29) is 11.7 Å². The maximum atomic E-state index is 13.4. The minimum absolute atomic E-state index is 0.144. The smallest absolute Gasteiger partial charge is 0.256 e. The Bertz CT molecular complexity index is 945. The maximum Gasteiger partial charge on any atom is 0.256 e. The van der Waals surface area contributed by atoms with E-state index in [0.29, 0.717) is 23.7 Å². The molecule has 1 aliphatic rings. The van der Waals surface area contributed by atoms with E-state index in [0.717, 1.165) is 23.9 Å². The number of ether oxygens (including phenoxy) is 1. The number of hydrogen-bond donors (Lipinski definition) is 2. The fourth-order valence-electron chi connectivity index (χ4n) is 3.08. The van der Waals surface area contributed by atoms with Gasteiger partial charge in [0.2, 0.25) is 0 Å². The van der Waals surface area contributed by atoms with Crippen LogP contribution >= 0.6 is 0 Å². The number of rotatable bonds is 3. The summed E-state index contributed by atoms with van der Waals surface area (Å²) in [5, 5.41) is 2.90. The van der Waals surface area contributed by atoms with Crippen molar-refractivity contribution in [1.82, 2.24) is 9.97 Å². The minimum Gasteiger partial charge on any atom is -0.365 e. The second-order valence-corrected chi connectivity index (χ2v) is 6.46. The van der Waals surface area contributed by atoms with Crippen LogP contribution in [-0.2, 0) is 9.53 Å². The number of nitrogens with one attached hydrogen (secondary N) is 2. The second kappa shape index (κ2) is 5.97. The molecular weight excluding hydrogens is 321 g/mol. The molecule has 5 nitrogen and oxygen atoms in total. The van der Waals surface area contributed by atoms with Crippen molar-refractivity contribution in [3.05, 3.63) is 48.3 Å². The van der Waals surface area contributed by atoms with Gasteiger partial charge < -0.3 is 15.0 Å². The molecule has 1 aromatic heterocycles. The van der Waals surface area contributed by atoms with Gasteiger partial charge in [0.05, 0.1) is 11.0 Å². The quantitative estimate of drug-likeness (QED) is 0.761. The van der Waals surface area contributed by atoms with Crippen LogP contribution in [0.25, 0.3) is 22.4 Å². The van der Waals surface area contributed by atoms with Crippen LogP contribution in [0.2, 0.25) is 0 Å². The number of anilines is 1. The highest BCUT2D eigenvalue weighted by molar-refractivity contribution is 5.98. The van der Waals surface area contributed by atoms with E-state index in [9.17, 15) is 9.18 Å². The van der Waals surface area contributed by atoms with E-state index < -0.39 is 5.60 Å². The highest BCUT2D eigenvalue weighted by Gasteiger charge is 2.37. The van der Waals surface area contributed by atoms with Crippen LogP contribution < -0.4 is 5.32 Å². The van der Waals surface area contributed by atoms with E-state index in [2.05, 4.69) is 15.3 Å². The largest absolute Gasteiger partial charge is 0.365 e. The van der Waals surface area contributed by atoms with Crippen LogP contribution in [0.3, 0.4) is 0 Å². The van der Waals surface area contributed by atoms with Gasteiger partial charge >= 0.3 is 0 Å². The predicted molar refractivity (Wildman–Crippen MR) is 93.7 cm³/mol. The fraction of sp³-hybridized carbons (Fsp3) is 0.263. The van der Waals surface area contributed by atoms with Crippen molar-refractivity contribution in [1.29, 1.82) is 0 Å². The van der Waals surface area contributed by atoms with Crippen molar-refractivity contribution in [2.75, 3.05) is 11.9 Å². The van der Waals surface area contributed by atoms with E-state index >= 15 is 0 Å². The molecule has 0 unspecified atom stereocenters. The highest BCUT2D eigenvalue weighted by Crippen LogP contribution is 2.28. The van der Waals surface area contributed by atoms with E-state index in [1.165, 1.54) is 12.1 Å². The number of nitrogens with zero attached hydrogens (tertiary/aromatic N) is 1. The van der Waals surface area contributed by atoms with Gasteiger partial charge in [-0.25, -0.2) is 9.37 Å². The first-order chi connectivity index (χ1) is 12.0. The van der Waals surface area contributed by atoms with Crippen LogP contribution in [0.5, 0.6) is 0 Å².